The van der Waals surface area contributed by atoms with Gasteiger partial charge in [0.25, 0.3) is 0 Å². The monoisotopic (exact) mass is 324 g/mol. The first-order valence-electron chi connectivity index (χ1n) is 8.19. The van der Waals surface area contributed by atoms with E-state index in [1.165, 1.54) is 0 Å². The highest BCUT2D eigenvalue weighted by Gasteiger charge is 2.08. The van der Waals surface area contributed by atoms with Gasteiger partial charge in [0.2, 0.25) is 0 Å². The van der Waals surface area contributed by atoms with E-state index in [1.54, 1.807) is 0 Å². The Morgan fingerprint density at radius 1 is 1.00 bits per heavy atom. The average Bonchev–Trinajstić information content (AvgIpc) is 2.59. The second-order valence-electron chi connectivity index (χ2n) is 5.85. The molecule has 0 spiro atoms. The van der Waals surface area contributed by atoms with E-state index in [-0.39, 0.29) is 5.97 Å². The summed E-state index contributed by atoms with van der Waals surface area (Å²) in [6, 6.07) is 17.9. The van der Waals surface area contributed by atoms with Crippen LogP contribution in [0, 0.1) is 0 Å². The van der Waals surface area contributed by atoms with Gasteiger partial charge in [-0.3, -0.25) is 4.79 Å². The number of aryl methyl sites for hydroxylation is 1. The maximum atomic E-state index is 11.8. The van der Waals surface area contributed by atoms with E-state index < -0.39 is 0 Å². The zero-order chi connectivity index (χ0) is 17.2. The van der Waals surface area contributed by atoms with E-state index in [0.717, 1.165) is 22.4 Å². The Morgan fingerprint density at radius 2 is 1.71 bits per heavy atom. The first-order chi connectivity index (χ1) is 11.6. The van der Waals surface area contributed by atoms with Gasteiger partial charge in [-0.15, -0.1) is 0 Å². The van der Waals surface area contributed by atoms with Crippen LogP contribution >= 0.6 is 0 Å². The summed E-state index contributed by atoms with van der Waals surface area (Å²) in [6.07, 6.45) is 2.86. The minimum atomic E-state index is -0.189. The first kappa shape index (κ1) is 17.8. The number of carbonyl (C=O) groups excluding carboxylic acids is 1. The summed E-state index contributed by atoms with van der Waals surface area (Å²) in [6.45, 7) is 4.82. The second-order valence-corrected chi connectivity index (χ2v) is 5.85. The SMILES string of the molecule is CC(C)=CCOC(=O)CCc1ccccc1OCc1ccccc1. The highest BCUT2D eigenvalue weighted by Crippen LogP contribution is 2.21. The molecule has 2 aromatic carbocycles. The van der Waals surface area contributed by atoms with Gasteiger partial charge >= 0.3 is 5.97 Å². The lowest BCUT2D eigenvalue weighted by atomic mass is 10.1. The molecule has 0 saturated carbocycles. The number of benzene rings is 2. The van der Waals surface area contributed by atoms with Crippen LogP contribution in [0.4, 0.5) is 0 Å². The lowest BCUT2D eigenvalue weighted by molar-refractivity contribution is -0.142. The van der Waals surface area contributed by atoms with Crippen molar-refractivity contribution in [3.05, 3.63) is 77.4 Å². The molecule has 126 valence electrons. The number of hydrogen-bond acceptors (Lipinski definition) is 3. The second kappa shape index (κ2) is 9.56. The summed E-state index contributed by atoms with van der Waals surface area (Å²) in [7, 11) is 0. The fourth-order valence-corrected chi connectivity index (χ4v) is 2.20. The highest BCUT2D eigenvalue weighted by atomic mass is 16.5. The minimum absolute atomic E-state index is 0.189. The molecule has 0 aliphatic heterocycles. The molecule has 0 saturated heterocycles. The summed E-state index contributed by atoms with van der Waals surface area (Å²) in [5, 5.41) is 0. The van der Waals surface area contributed by atoms with Crippen molar-refractivity contribution in [2.75, 3.05) is 6.61 Å². The Balaban J connectivity index is 1.87. The zero-order valence-corrected chi connectivity index (χ0v) is 14.3. The maximum Gasteiger partial charge on any atom is 0.306 e. The van der Waals surface area contributed by atoms with Crippen molar-refractivity contribution in [2.45, 2.75) is 33.3 Å². The molecular formula is C21H24O3. The summed E-state index contributed by atoms with van der Waals surface area (Å²) >= 11 is 0. The van der Waals surface area contributed by atoms with Crippen molar-refractivity contribution in [1.82, 2.24) is 0 Å². The third-order valence-corrected chi connectivity index (χ3v) is 3.54. The smallest absolute Gasteiger partial charge is 0.306 e. The van der Waals surface area contributed by atoms with Crippen molar-refractivity contribution in [1.29, 1.82) is 0 Å². The summed E-state index contributed by atoms with van der Waals surface area (Å²) in [5.74, 6) is 0.629. The molecule has 0 aromatic heterocycles. The van der Waals surface area contributed by atoms with Gasteiger partial charge in [0.15, 0.2) is 0 Å². The van der Waals surface area contributed by atoms with Gasteiger partial charge in [-0.2, -0.15) is 0 Å². The molecule has 24 heavy (non-hydrogen) atoms. The molecule has 0 bridgehead atoms. The molecule has 2 rings (SSSR count). The molecule has 0 atom stereocenters. The molecule has 3 heteroatoms. The van der Waals surface area contributed by atoms with E-state index in [2.05, 4.69) is 0 Å². The van der Waals surface area contributed by atoms with Crippen molar-refractivity contribution in [3.8, 4) is 5.75 Å². The Morgan fingerprint density at radius 3 is 2.46 bits per heavy atom. The third-order valence-electron chi connectivity index (χ3n) is 3.54. The predicted molar refractivity (Wildman–Crippen MR) is 95.9 cm³/mol. The van der Waals surface area contributed by atoms with E-state index in [0.29, 0.717) is 26.1 Å². The standard InChI is InChI=1S/C21H24O3/c1-17(2)14-15-23-21(22)13-12-19-10-6-7-11-20(19)24-16-18-8-4-3-5-9-18/h3-11,14H,12-13,15-16H2,1-2H3. The van der Waals surface area contributed by atoms with Crippen LogP contribution in [0.3, 0.4) is 0 Å². The largest absolute Gasteiger partial charge is 0.489 e. The van der Waals surface area contributed by atoms with Crippen LogP contribution in [0.25, 0.3) is 0 Å². The fourth-order valence-electron chi connectivity index (χ4n) is 2.20. The van der Waals surface area contributed by atoms with Gasteiger partial charge in [-0.25, -0.2) is 0 Å². The topological polar surface area (TPSA) is 35.5 Å². The number of hydrogen-bond donors (Lipinski definition) is 0. The van der Waals surface area contributed by atoms with Gasteiger partial charge in [0.1, 0.15) is 19.0 Å². The zero-order valence-electron chi connectivity index (χ0n) is 14.3. The summed E-state index contributed by atoms with van der Waals surface area (Å²) < 4.78 is 11.1. The molecule has 0 unspecified atom stereocenters. The summed E-state index contributed by atoms with van der Waals surface area (Å²) in [5.41, 5.74) is 3.28. The minimum Gasteiger partial charge on any atom is -0.489 e. The van der Waals surface area contributed by atoms with Crippen molar-refractivity contribution < 1.29 is 14.3 Å². The van der Waals surface area contributed by atoms with Gasteiger partial charge in [0.05, 0.1) is 0 Å². The van der Waals surface area contributed by atoms with Gasteiger partial charge in [-0.05, 0) is 43.5 Å². The van der Waals surface area contributed by atoms with Crippen molar-refractivity contribution in [3.63, 3.8) is 0 Å². The van der Waals surface area contributed by atoms with Gasteiger partial charge < -0.3 is 9.47 Å². The van der Waals surface area contributed by atoms with Crippen molar-refractivity contribution >= 4 is 5.97 Å². The van der Waals surface area contributed by atoms with Crippen LogP contribution in [0.2, 0.25) is 0 Å². The van der Waals surface area contributed by atoms with Crippen LogP contribution in [0.1, 0.15) is 31.4 Å². The first-order valence-corrected chi connectivity index (χ1v) is 8.19. The number of para-hydroxylation sites is 1. The molecule has 0 fully saturated rings. The van der Waals surface area contributed by atoms with E-state index >= 15 is 0 Å². The molecule has 0 radical (unpaired) electrons. The number of allylic oxidation sites excluding steroid dienone is 1. The van der Waals surface area contributed by atoms with Gasteiger partial charge in [-0.1, -0.05) is 54.1 Å². The predicted octanol–water partition coefficient (Wildman–Crippen LogP) is 4.71. The highest BCUT2D eigenvalue weighted by molar-refractivity contribution is 5.70. The Labute approximate surface area is 143 Å². The molecule has 0 aliphatic carbocycles. The van der Waals surface area contributed by atoms with Gasteiger partial charge in [0, 0.05) is 6.42 Å². The third kappa shape index (κ3) is 6.29. The maximum absolute atomic E-state index is 11.8. The number of esters is 1. The molecule has 3 nitrogen and oxygen atoms in total. The number of rotatable bonds is 8. The van der Waals surface area contributed by atoms with Crippen molar-refractivity contribution in [2.24, 2.45) is 0 Å². The molecule has 0 amide bonds. The lowest BCUT2D eigenvalue weighted by Crippen LogP contribution is -2.07. The van der Waals surface area contributed by atoms with Crippen LogP contribution in [-0.4, -0.2) is 12.6 Å². The molecule has 0 N–H and O–H groups in total. The number of ether oxygens (including phenoxy) is 2. The summed E-state index contributed by atoms with van der Waals surface area (Å²) in [4.78, 5) is 11.8. The Kier molecular flexibility index (Phi) is 7.09. The van der Waals surface area contributed by atoms with Crippen LogP contribution in [0.5, 0.6) is 5.75 Å². The average molecular weight is 324 g/mol. The van der Waals surface area contributed by atoms with E-state index in [9.17, 15) is 4.79 Å². The van der Waals surface area contributed by atoms with Crippen LogP contribution in [-0.2, 0) is 22.6 Å². The Bertz CT molecular complexity index is 670. The number of carbonyl (C=O) groups is 1. The van der Waals surface area contributed by atoms with Crippen LogP contribution < -0.4 is 4.74 Å². The normalized spacial score (nSPS) is 10.1. The quantitative estimate of drug-likeness (QED) is 0.521. The fraction of sp³-hybridized carbons (Fsp3) is 0.286. The lowest BCUT2D eigenvalue weighted by Gasteiger charge is -2.11. The Hall–Kier alpha value is -2.55. The molecule has 2 aromatic rings. The molecular weight excluding hydrogens is 300 g/mol. The van der Waals surface area contributed by atoms with E-state index in [4.69, 9.17) is 9.47 Å². The molecule has 0 aliphatic rings. The van der Waals surface area contributed by atoms with Crippen LogP contribution in [0.15, 0.2) is 66.2 Å². The van der Waals surface area contributed by atoms with E-state index in [1.807, 2.05) is 74.5 Å². The molecule has 0 heterocycles.